The highest BCUT2D eigenvalue weighted by molar-refractivity contribution is 5.77. The minimum absolute atomic E-state index is 0.0537. The summed E-state index contributed by atoms with van der Waals surface area (Å²) in [6.45, 7) is 2.58. The van der Waals surface area contributed by atoms with Crippen molar-refractivity contribution in [3.8, 4) is 0 Å². The average Bonchev–Trinajstić information content (AvgIpc) is 3.01. The Balaban J connectivity index is 1.66. The van der Waals surface area contributed by atoms with Gasteiger partial charge in [0.25, 0.3) is 5.56 Å². The summed E-state index contributed by atoms with van der Waals surface area (Å²) in [4.78, 5) is 28.8. The number of hydrogen-bond donors (Lipinski definition) is 1. The molecule has 0 aliphatic rings. The Morgan fingerprint density at radius 3 is 2.76 bits per heavy atom. The van der Waals surface area contributed by atoms with Crippen LogP contribution in [-0.2, 0) is 18.4 Å². The van der Waals surface area contributed by atoms with E-state index in [1.807, 2.05) is 18.2 Å². The molecule has 130 valence electrons. The van der Waals surface area contributed by atoms with E-state index in [1.54, 1.807) is 7.05 Å². The highest BCUT2D eigenvalue weighted by Gasteiger charge is 2.13. The zero-order chi connectivity index (χ0) is 17.8. The molecule has 1 aromatic carbocycles. The quantitative estimate of drug-likeness (QED) is 0.737. The summed E-state index contributed by atoms with van der Waals surface area (Å²) in [7, 11) is 1.72. The molecule has 0 aliphatic heterocycles. The van der Waals surface area contributed by atoms with Crippen LogP contribution in [0.15, 0.2) is 47.7 Å². The van der Waals surface area contributed by atoms with Crippen molar-refractivity contribution in [2.75, 3.05) is 6.54 Å². The zero-order valence-corrected chi connectivity index (χ0v) is 14.3. The molecule has 0 saturated heterocycles. The highest BCUT2D eigenvalue weighted by atomic mass is 16.2. The maximum absolute atomic E-state index is 12.4. The molecule has 1 N–H and O–H groups in total. The van der Waals surface area contributed by atoms with Gasteiger partial charge in [-0.3, -0.25) is 18.8 Å². The van der Waals surface area contributed by atoms with E-state index < -0.39 is 0 Å². The standard InChI is InChI=1S/C18H21N5O2/c1-3-13(14-7-5-4-6-8-14)9-19-16(24)11-23-12-20-17-15(18(23)25)10-21-22(17)2/h4-8,10,12-13H,3,9,11H2,1-2H3,(H,19,24)/t13-/m1/s1. The smallest absolute Gasteiger partial charge is 0.264 e. The Kier molecular flexibility index (Phi) is 4.92. The lowest BCUT2D eigenvalue weighted by Crippen LogP contribution is -2.34. The molecule has 3 aromatic rings. The predicted octanol–water partition coefficient (Wildman–Crippen LogP) is 1.44. The van der Waals surface area contributed by atoms with Gasteiger partial charge in [0.2, 0.25) is 5.91 Å². The Hall–Kier alpha value is -2.96. The maximum Gasteiger partial charge on any atom is 0.264 e. The van der Waals surface area contributed by atoms with Crippen molar-refractivity contribution in [3.05, 3.63) is 58.8 Å². The van der Waals surface area contributed by atoms with E-state index in [9.17, 15) is 9.59 Å². The normalized spacial score (nSPS) is 12.2. The number of benzene rings is 1. The van der Waals surface area contributed by atoms with Gasteiger partial charge in [-0.15, -0.1) is 0 Å². The summed E-state index contributed by atoms with van der Waals surface area (Å²) in [5.74, 6) is 0.0438. The van der Waals surface area contributed by atoms with Gasteiger partial charge in [-0.25, -0.2) is 4.98 Å². The second-order valence-electron chi connectivity index (χ2n) is 6.00. The highest BCUT2D eigenvalue weighted by Crippen LogP contribution is 2.17. The van der Waals surface area contributed by atoms with E-state index in [1.165, 1.54) is 27.3 Å². The fraction of sp³-hybridized carbons (Fsp3) is 0.333. The van der Waals surface area contributed by atoms with Crippen LogP contribution in [0, 0.1) is 0 Å². The van der Waals surface area contributed by atoms with E-state index >= 15 is 0 Å². The number of aryl methyl sites for hydroxylation is 1. The Bertz CT molecular complexity index is 930. The first-order chi connectivity index (χ1) is 12.1. The summed E-state index contributed by atoms with van der Waals surface area (Å²) in [6.07, 6.45) is 3.79. The van der Waals surface area contributed by atoms with Crippen molar-refractivity contribution < 1.29 is 4.79 Å². The lowest BCUT2D eigenvalue weighted by atomic mass is 9.96. The Morgan fingerprint density at radius 2 is 2.04 bits per heavy atom. The van der Waals surface area contributed by atoms with Gasteiger partial charge < -0.3 is 5.32 Å². The summed E-state index contributed by atoms with van der Waals surface area (Å²) in [6, 6.07) is 10.1. The van der Waals surface area contributed by atoms with E-state index in [4.69, 9.17) is 0 Å². The molecule has 7 heteroatoms. The van der Waals surface area contributed by atoms with Crippen molar-refractivity contribution >= 4 is 16.9 Å². The van der Waals surface area contributed by atoms with Crippen molar-refractivity contribution in [3.63, 3.8) is 0 Å². The van der Waals surface area contributed by atoms with E-state index in [0.29, 0.717) is 17.6 Å². The van der Waals surface area contributed by atoms with Crippen LogP contribution < -0.4 is 10.9 Å². The van der Waals surface area contributed by atoms with E-state index in [0.717, 1.165) is 6.42 Å². The molecule has 1 atom stereocenters. The van der Waals surface area contributed by atoms with Gasteiger partial charge >= 0.3 is 0 Å². The molecule has 2 aromatic heterocycles. The van der Waals surface area contributed by atoms with Crippen LogP contribution in [0.25, 0.3) is 11.0 Å². The van der Waals surface area contributed by atoms with Crippen molar-refractivity contribution in [2.45, 2.75) is 25.8 Å². The minimum atomic E-state index is -0.261. The third kappa shape index (κ3) is 3.60. The third-order valence-corrected chi connectivity index (χ3v) is 4.34. The second-order valence-corrected chi connectivity index (χ2v) is 6.00. The minimum Gasteiger partial charge on any atom is -0.354 e. The maximum atomic E-state index is 12.4. The van der Waals surface area contributed by atoms with Crippen molar-refractivity contribution in [2.24, 2.45) is 7.05 Å². The van der Waals surface area contributed by atoms with Crippen LogP contribution >= 0.6 is 0 Å². The van der Waals surface area contributed by atoms with Crippen LogP contribution in [0.5, 0.6) is 0 Å². The van der Waals surface area contributed by atoms with Gasteiger partial charge in [0.1, 0.15) is 18.3 Å². The number of aromatic nitrogens is 4. The van der Waals surface area contributed by atoms with Crippen molar-refractivity contribution in [1.82, 2.24) is 24.6 Å². The predicted molar refractivity (Wildman–Crippen MR) is 95.3 cm³/mol. The molecule has 0 aliphatic carbocycles. The molecular weight excluding hydrogens is 318 g/mol. The molecule has 1 amide bonds. The van der Waals surface area contributed by atoms with Gasteiger partial charge in [0, 0.05) is 19.5 Å². The molecule has 0 unspecified atom stereocenters. The van der Waals surface area contributed by atoms with Gasteiger partial charge in [0.15, 0.2) is 5.65 Å². The first-order valence-corrected chi connectivity index (χ1v) is 8.29. The molecule has 0 bridgehead atoms. The summed E-state index contributed by atoms with van der Waals surface area (Å²) in [5, 5.41) is 7.35. The second kappa shape index (κ2) is 7.29. The monoisotopic (exact) mass is 339 g/mol. The third-order valence-electron chi connectivity index (χ3n) is 4.34. The lowest BCUT2D eigenvalue weighted by Gasteiger charge is -2.16. The number of carbonyl (C=O) groups is 1. The van der Waals surface area contributed by atoms with E-state index in [-0.39, 0.29) is 23.9 Å². The molecule has 0 fully saturated rings. The average molecular weight is 339 g/mol. The number of fused-ring (bicyclic) bond motifs is 1. The Morgan fingerprint density at radius 1 is 1.28 bits per heavy atom. The Labute approximate surface area is 145 Å². The molecule has 0 saturated carbocycles. The molecule has 0 radical (unpaired) electrons. The van der Waals surface area contributed by atoms with Gasteiger partial charge in [0.05, 0.1) is 6.20 Å². The fourth-order valence-corrected chi connectivity index (χ4v) is 2.85. The van der Waals surface area contributed by atoms with Crippen LogP contribution in [0.1, 0.15) is 24.8 Å². The van der Waals surface area contributed by atoms with Gasteiger partial charge in [-0.1, -0.05) is 37.3 Å². The molecule has 3 rings (SSSR count). The summed E-state index contributed by atoms with van der Waals surface area (Å²) in [5.41, 5.74) is 1.45. The number of nitrogens with one attached hydrogen (secondary N) is 1. The van der Waals surface area contributed by atoms with Crippen LogP contribution in [0.4, 0.5) is 0 Å². The summed E-state index contributed by atoms with van der Waals surface area (Å²) < 4.78 is 2.84. The number of amides is 1. The number of carbonyl (C=O) groups excluding carboxylic acids is 1. The van der Waals surface area contributed by atoms with E-state index in [2.05, 4.69) is 34.5 Å². The topological polar surface area (TPSA) is 81.8 Å². The molecule has 7 nitrogen and oxygen atoms in total. The number of nitrogens with zero attached hydrogens (tertiary/aromatic N) is 4. The number of hydrogen-bond acceptors (Lipinski definition) is 4. The van der Waals surface area contributed by atoms with Gasteiger partial charge in [-0.05, 0) is 12.0 Å². The first-order valence-electron chi connectivity index (χ1n) is 8.29. The van der Waals surface area contributed by atoms with Crippen LogP contribution in [0.3, 0.4) is 0 Å². The van der Waals surface area contributed by atoms with Crippen LogP contribution in [-0.4, -0.2) is 31.8 Å². The molecular formula is C18H21N5O2. The van der Waals surface area contributed by atoms with Crippen LogP contribution in [0.2, 0.25) is 0 Å². The van der Waals surface area contributed by atoms with Crippen molar-refractivity contribution in [1.29, 1.82) is 0 Å². The molecule has 25 heavy (non-hydrogen) atoms. The summed E-state index contributed by atoms with van der Waals surface area (Å²) >= 11 is 0. The number of rotatable bonds is 6. The van der Waals surface area contributed by atoms with Gasteiger partial charge in [-0.2, -0.15) is 5.10 Å². The SMILES string of the molecule is CC[C@H](CNC(=O)Cn1cnc2c(cnn2C)c1=O)c1ccccc1. The zero-order valence-electron chi connectivity index (χ0n) is 14.3. The lowest BCUT2D eigenvalue weighted by molar-refractivity contribution is -0.121. The molecule has 0 spiro atoms. The largest absolute Gasteiger partial charge is 0.354 e. The first kappa shape index (κ1) is 16.9. The fourth-order valence-electron chi connectivity index (χ4n) is 2.85. The molecule has 2 heterocycles.